The van der Waals surface area contributed by atoms with E-state index >= 15 is 0 Å². The number of aliphatic hydroxyl groups is 1. The first kappa shape index (κ1) is 14.3. The van der Waals surface area contributed by atoms with Crippen LogP contribution in [0.15, 0.2) is 18.3 Å². The van der Waals surface area contributed by atoms with Crippen LogP contribution in [0.1, 0.15) is 44.3 Å². The van der Waals surface area contributed by atoms with Gasteiger partial charge >= 0.3 is 0 Å². The molecule has 3 unspecified atom stereocenters. The average Bonchev–Trinajstić information content (AvgIpc) is 2.46. The highest BCUT2D eigenvalue weighted by Crippen LogP contribution is 2.26. The summed E-state index contributed by atoms with van der Waals surface area (Å²) in [6.07, 6.45) is 6.01. The molecular weight excluding hydrogens is 238 g/mol. The summed E-state index contributed by atoms with van der Waals surface area (Å²) in [6.45, 7) is 2.09. The Labute approximate surface area is 115 Å². The van der Waals surface area contributed by atoms with E-state index in [-0.39, 0.29) is 18.2 Å². The zero-order chi connectivity index (χ0) is 13.8. The van der Waals surface area contributed by atoms with Gasteiger partial charge in [-0.15, -0.1) is 0 Å². The SMILES string of the molecule is CNC(C)c1ccc(N(C)C2CCCCC2O)cn1. The second-order valence-corrected chi connectivity index (χ2v) is 5.48. The van der Waals surface area contributed by atoms with Gasteiger partial charge in [0.15, 0.2) is 0 Å². The summed E-state index contributed by atoms with van der Waals surface area (Å²) in [5.41, 5.74) is 2.13. The molecule has 106 valence electrons. The molecule has 1 fully saturated rings. The van der Waals surface area contributed by atoms with Crippen LogP contribution in [0.25, 0.3) is 0 Å². The molecule has 2 rings (SSSR count). The molecule has 0 bridgehead atoms. The van der Waals surface area contributed by atoms with Crippen LogP contribution in [-0.2, 0) is 0 Å². The molecule has 19 heavy (non-hydrogen) atoms. The first-order chi connectivity index (χ1) is 9.13. The Kier molecular flexibility index (Phi) is 4.77. The Morgan fingerprint density at radius 3 is 2.68 bits per heavy atom. The highest BCUT2D eigenvalue weighted by Gasteiger charge is 2.26. The van der Waals surface area contributed by atoms with E-state index in [1.807, 2.05) is 13.2 Å². The number of hydrogen-bond acceptors (Lipinski definition) is 4. The van der Waals surface area contributed by atoms with Crippen LogP contribution in [0.5, 0.6) is 0 Å². The van der Waals surface area contributed by atoms with Gasteiger partial charge in [-0.25, -0.2) is 0 Å². The quantitative estimate of drug-likeness (QED) is 0.873. The monoisotopic (exact) mass is 263 g/mol. The van der Waals surface area contributed by atoms with Crippen molar-refractivity contribution in [2.75, 3.05) is 19.0 Å². The van der Waals surface area contributed by atoms with E-state index in [0.29, 0.717) is 0 Å². The summed E-state index contributed by atoms with van der Waals surface area (Å²) >= 11 is 0. The summed E-state index contributed by atoms with van der Waals surface area (Å²) in [5.74, 6) is 0. The molecule has 0 amide bonds. The number of pyridine rings is 1. The third-order valence-corrected chi connectivity index (χ3v) is 4.25. The van der Waals surface area contributed by atoms with E-state index in [9.17, 15) is 5.11 Å². The fourth-order valence-corrected chi connectivity index (χ4v) is 2.75. The number of anilines is 1. The van der Waals surface area contributed by atoms with Crippen LogP contribution in [-0.4, -0.2) is 36.3 Å². The maximum absolute atomic E-state index is 10.1. The topological polar surface area (TPSA) is 48.4 Å². The van der Waals surface area contributed by atoms with Crippen molar-refractivity contribution in [3.05, 3.63) is 24.0 Å². The first-order valence-electron chi connectivity index (χ1n) is 7.17. The zero-order valence-electron chi connectivity index (χ0n) is 12.1. The molecule has 0 spiro atoms. The number of rotatable bonds is 4. The molecule has 1 aliphatic rings. The standard InChI is InChI=1S/C15H25N3O/c1-11(16-2)13-9-8-12(10-17-13)18(3)14-6-4-5-7-15(14)19/h8-11,14-16,19H,4-7H2,1-3H3. The van der Waals surface area contributed by atoms with Crippen LogP contribution in [0.3, 0.4) is 0 Å². The number of aliphatic hydroxyl groups excluding tert-OH is 1. The number of hydrogen-bond donors (Lipinski definition) is 2. The number of nitrogens with zero attached hydrogens (tertiary/aromatic N) is 2. The van der Waals surface area contributed by atoms with Gasteiger partial charge in [0.1, 0.15) is 0 Å². The summed E-state index contributed by atoms with van der Waals surface area (Å²) < 4.78 is 0. The van der Waals surface area contributed by atoms with Gasteiger partial charge in [0.25, 0.3) is 0 Å². The van der Waals surface area contributed by atoms with Gasteiger partial charge in [-0.2, -0.15) is 0 Å². The third kappa shape index (κ3) is 3.25. The molecule has 0 radical (unpaired) electrons. The molecule has 0 saturated heterocycles. The van der Waals surface area contributed by atoms with Gasteiger partial charge in [-0.1, -0.05) is 12.8 Å². The summed E-state index contributed by atoms with van der Waals surface area (Å²) in [7, 11) is 3.99. The van der Waals surface area contributed by atoms with Crippen LogP contribution < -0.4 is 10.2 Å². The molecular formula is C15H25N3O. The van der Waals surface area contributed by atoms with Crippen molar-refractivity contribution < 1.29 is 5.11 Å². The molecule has 4 heteroatoms. The molecule has 2 N–H and O–H groups in total. The fraction of sp³-hybridized carbons (Fsp3) is 0.667. The van der Waals surface area contributed by atoms with Crippen molar-refractivity contribution in [1.82, 2.24) is 10.3 Å². The smallest absolute Gasteiger partial charge is 0.0743 e. The van der Waals surface area contributed by atoms with Crippen molar-refractivity contribution >= 4 is 5.69 Å². The zero-order valence-corrected chi connectivity index (χ0v) is 12.1. The van der Waals surface area contributed by atoms with Gasteiger partial charge in [0, 0.05) is 13.1 Å². The van der Waals surface area contributed by atoms with E-state index in [1.165, 1.54) is 6.42 Å². The molecule has 0 aromatic carbocycles. The summed E-state index contributed by atoms with van der Waals surface area (Å²) in [6, 6.07) is 4.64. The van der Waals surface area contributed by atoms with Crippen molar-refractivity contribution in [1.29, 1.82) is 0 Å². The highest BCUT2D eigenvalue weighted by atomic mass is 16.3. The van der Waals surface area contributed by atoms with E-state index < -0.39 is 0 Å². The van der Waals surface area contributed by atoms with E-state index in [0.717, 1.165) is 30.6 Å². The molecule has 0 aliphatic heterocycles. The lowest BCUT2D eigenvalue weighted by molar-refractivity contribution is 0.106. The molecule has 1 aromatic rings. The minimum Gasteiger partial charge on any atom is -0.391 e. The summed E-state index contributed by atoms with van der Waals surface area (Å²) in [5, 5.41) is 13.3. The van der Waals surface area contributed by atoms with Gasteiger partial charge in [-0.05, 0) is 38.9 Å². The normalized spacial score (nSPS) is 25.1. The fourth-order valence-electron chi connectivity index (χ4n) is 2.75. The lowest BCUT2D eigenvalue weighted by atomic mass is 9.91. The minimum atomic E-state index is -0.213. The second-order valence-electron chi connectivity index (χ2n) is 5.48. The van der Waals surface area contributed by atoms with E-state index in [4.69, 9.17) is 0 Å². The van der Waals surface area contributed by atoms with Crippen molar-refractivity contribution in [3.8, 4) is 0 Å². The van der Waals surface area contributed by atoms with E-state index in [2.05, 4.69) is 41.3 Å². The second kappa shape index (κ2) is 6.35. The van der Waals surface area contributed by atoms with Crippen LogP contribution >= 0.6 is 0 Å². The average molecular weight is 263 g/mol. The molecule has 1 aliphatic carbocycles. The van der Waals surface area contributed by atoms with Crippen molar-refractivity contribution in [3.63, 3.8) is 0 Å². The van der Waals surface area contributed by atoms with Gasteiger partial charge in [0.05, 0.1) is 29.7 Å². The number of nitrogens with one attached hydrogen (secondary N) is 1. The lowest BCUT2D eigenvalue weighted by Gasteiger charge is -2.36. The van der Waals surface area contributed by atoms with E-state index in [1.54, 1.807) is 0 Å². The molecule has 1 heterocycles. The maximum atomic E-state index is 10.1. The van der Waals surface area contributed by atoms with Crippen LogP contribution in [0, 0.1) is 0 Å². The van der Waals surface area contributed by atoms with Gasteiger partial charge < -0.3 is 15.3 Å². The Bertz CT molecular complexity index is 393. The van der Waals surface area contributed by atoms with Gasteiger partial charge in [-0.3, -0.25) is 4.98 Å². The highest BCUT2D eigenvalue weighted by molar-refractivity contribution is 5.45. The van der Waals surface area contributed by atoms with Crippen LogP contribution in [0.4, 0.5) is 5.69 Å². The maximum Gasteiger partial charge on any atom is 0.0743 e. The molecule has 4 nitrogen and oxygen atoms in total. The Morgan fingerprint density at radius 2 is 2.11 bits per heavy atom. The number of likely N-dealkylation sites (N-methyl/N-ethyl adjacent to an activating group) is 1. The lowest BCUT2D eigenvalue weighted by Crippen LogP contribution is -2.43. The Hall–Kier alpha value is -1.13. The molecule has 1 saturated carbocycles. The summed E-state index contributed by atoms with van der Waals surface area (Å²) in [4.78, 5) is 6.68. The van der Waals surface area contributed by atoms with Crippen LogP contribution in [0.2, 0.25) is 0 Å². The van der Waals surface area contributed by atoms with Gasteiger partial charge in [0.2, 0.25) is 0 Å². The Balaban J connectivity index is 2.08. The minimum absolute atomic E-state index is 0.213. The van der Waals surface area contributed by atoms with Crippen molar-refractivity contribution in [2.24, 2.45) is 0 Å². The predicted octanol–water partition coefficient (Wildman–Crippen LogP) is 2.10. The predicted molar refractivity (Wildman–Crippen MR) is 78.4 cm³/mol. The molecule has 3 atom stereocenters. The first-order valence-corrected chi connectivity index (χ1v) is 7.17. The van der Waals surface area contributed by atoms with Crippen molar-refractivity contribution in [2.45, 2.75) is 50.8 Å². The number of aromatic nitrogens is 1. The largest absolute Gasteiger partial charge is 0.391 e. The Morgan fingerprint density at radius 1 is 1.37 bits per heavy atom. The molecule has 1 aromatic heterocycles. The third-order valence-electron chi connectivity index (χ3n) is 4.25.